The lowest BCUT2D eigenvalue weighted by atomic mass is 9.92. The third kappa shape index (κ3) is 13.1. The molecule has 1 unspecified atom stereocenters. The Labute approximate surface area is 329 Å². The van der Waals surface area contributed by atoms with Crippen molar-refractivity contribution >= 4 is 13.3 Å². The van der Waals surface area contributed by atoms with E-state index in [0.29, 0.717) is 23.4 Å². The summed E-state index contributed by atoms with van der Waals surface area (Å²) in [6.45, 7) is 3.24. The number of nitriles is 2. The molecule has 14 nitrogen and oxygen atoms in total. The second-order valence-electron chi connectivity index (χ2n) is 14.4. The molecule has 6 atom stereocenters. The molecule has 4 rings (SSSR count). The molecule has 0 amide bonds. The Hall–Kier alpha value is -3.34. The van der Waals surface area contributed by atoms with Crippen LogP contribution >= 0.6 is 7.82 Å². The van der Waals surface area contributed by atoms with Crippen LogP contribution in [0.1, 0.15) is 119 Å². The summed E-state index contributed by atoms with van der Waals surface area (Å²) in [5, 5.41) is 45.3. The van der Waals surface area contributed by atoms with Crippen LogP contribution in [0.3, 0.4) is 0 Å². The Morgan fingerprint density at radius 1 is 0.964 bits per heavy atom. The fourth-order valence-electron chi connectivity index (χ4n) is 6.76. The first-order valence-electron chi connectivity index (χ1n) is 19.8. The van der Waals surface area contributed by atoms with Gasteiger partial charge in [-0.1, -0.05) is 96.5 Å². The third-order valence-electron chi connectivity index (χ3n) is 10.1. The zero-order chi connectivity index (χ0) is 40.4. The lowest BCUT2D eigenvalue weighted by Gasteiger charge is -2.24. The van der Waals surface area contributed by atoms with Gasteiger partial charge in [0.1, 0.15) is 48.7 Å². The van der Waals surface area contributed by atoms with Gasteiger partial charge in [-0.05, 0) is 43.2 Å². The van der Waals surface area contributed by atoms with Gasteiger partial charge < -0.3 is 29.3 Å². The number of ether oxygens (including phenoxy) is 3. The molecular formula is C40H57FN5O9P. The molecule has 1 aliphatic rings. The quantitative estimate of drug-likeness (QED) is 0.0521. The summed E-state index contributed by atoms with van der Waals surface area (Å²) in [4.78, 5) is 14.7. The fraction of sp³-hybridized carbons (Fsp3) is 0.650. The number of hydrogen-bond donors (Lipinski definition) is 3. The summed E-state index contributed by atoms with van der Waals surface area (Å²) in [5.74, 6) is -0.659. The van der Waals surface area contributed by atoms with Crippen molar-refractivity contribution in [1.29, 1.82) is 10.5 Å². The molecule has 308 valence electrons. The SMILES string of the molecule is CCCCCCCCCCCCCCCCOC[C@H](COP(=O)(O)OC[C@H]1O[C@@](C#N)(c2ccc3c(C)ncnn23)[C@H](O)[C@@H]1O)OCc1ccc(F)c(C#N)c1. The Bertz CT molecular complexity index is 1780. The van der Waals surface area contributed by atoms with Crippen molar-refractivity contribution in [3.63, 3.8) is 0 Å². The summed E-state index contributed by atoms with van der Waals surface area (Å²) in [6.07, 6.45) is 12.9. The van der Waals surface area contributed by atoms with Crippen LogP contribution in [0.15, 0.2) is 36.7 Å². The second-order valence-corrected chi connectivity index (χ2v) is 15.8. The van der Waals surface area contributed by atoms with Crippen molar-refractivity contribution in [3.05, 3.63) is 65.0 Å². The molecule has 1 aliphatic heterocycles. The van der Waals surface area contributed by atoms with Crippen LogP contribution in [0.5, 0.6) is 0 Å². The fourth-order valence-corrected chi connectivity index (χ4v) is 7.52. The van der Waals surface area contributed by atoms with E-state index < -0.39 is 56.9 Å². The van der Waals surface area contributed by atoms with E-state index in [2.05, 4.69) is 17.0 Å². The molecule has 0 saturated carbocycles. The monoisotopic (exact) mass is 801 g/mol. The van der Waals surface area contributed by atoms with Crippen molar-refractivity contribution in [2.45, 2.75) is 140 Å². The van der Waals surface area contributed by atoms with Gasteiger partial charge in [0.25, 0.3) is 0 Å². The predicted octanol–water partition coefficient (Wildman–Crippen LogP) is 7.10. The molecule has 3 heterocycles. The number of phosphoric acid groups is 1. The summed E-state index contributed by atoms with van der Waals surface area (Å²) in [7, 11) is -4.80. The smallest absolute Gasteiger partial charge is 0.387 e. The summed E-state index contributed by atoms with van der Waals surface area (Å²) < 4.78 is 56.3. The van der Waals surface area contributed by atoms with E-state index in [-0.39, 0.29) is 24.5 Å². The van der Waals surface area contributed by atoms with Crippen LogP contribution < -0.4 is 0 Å². The maximum Gasteiger partial charge on any atom is 0.472 e. The van der Waals surface area contributed by atoms with E-state index in [1.165, 1.54) is 99.7 Å². The first-order valence-corrected chi connectivity index (χ1v) is 21.3. The number of unbranched alkanes of at least 4 members (excludes halogenated alkanes) is 13. The van der Waals surface area contributed by atoms with Gasteiger partial charge in [0, 0.05) is 6.61 Å². The minimum atomic E-state index is -4.80. The number of aromatic nitrogens is 3. The number of nitrogens with zero attached hydrogens (tertiary/aromatic N) is 5. The molecule has 2 aromatic heterocycles. The highest BCUT2D eigenvalue weighted by Gasteiger charge is 2.58. The number of fused-ring (bicyclic) bond motifs is 1. The first kappa shape index (κ1) is 45.4. The number of phosphoric ester groups is 1. The highest BCUT2D eigenvalue weighted by Crippen LogP contribution is 2.46. The van der Waals surface area contributed by atoms with Gasteiger partial charge in [-0.25, -0.2) is 18.5 Å². The molecule has 1 aromatic carbocycles. The highest BCUT2D eigenvalue weighted by atomic mass is 31.2. The average Bonchev–Trinajstić information content (AvgIpc) is 3.74. The van der Waals surface area contributed by atoms with Gasteiger partial charge in [0.15, 0.2) is 0 Å². The van der Waals surface area contributed by atoms with E-state index in [1.807, 2.05) is 6.07 Å². The number of benzene rings is 1. The van der Waals surface area contributed by atoms with Crippen LogP contribution in [-0.4, -0.2) is 80.5 Å². The molecule has 0 spiro atoms. The minimum Gasteiger partial charge on any atom is -0.387 e. The summed E-state index contributed by atoms with van der Waals surface area (Å²) >= 11 is 0. The molecule has 0 radical (unpaired) electrons. The minimum absolute atomic E-state index is 0.0143. The van der Waals surface area contributed by atoms with Crippen molar-refractivity contribution < 1.29 is 47.3 Å². The van der Waals surface area contributed by atoms with E-state index in [0.717, 1.165) is 25.3 Å². The standard InChI is InChI=1S/C40H57FN5O9P/c1-3-4-5-6-7-8-9-10-11-12-13-14-15-16-21-51-25-33(52-24-31-17-18-34(41)32(22-31)23-42)26-53-56(49,50)54-27-36-38(47)39(48)40(28-43,55-36)37-20-19-35-30(2)44-29-45-46(35)37/h17-20,22,29,33,36,38-39,47-48H,3-16,21,24-27H2,1-2H3,(H,49,50)/t33-,36-,38-,39-,40+/m1/s1. The Morgan fingerprint density at radius 3 is 2.27 bits per heavy atom. The Balaban J connectivity index is 1.23. The molecule has 1 fully saturated rings. The first-order chi connectivity index (χ1) is 27.0. The molecule has 3 aromatic rings. The Morgan fingerprint density at radius 2 is 1.62 bits per heavy atom. The summed E-state index contributed by atoms with van der Waals surface area (Å²) in [6, 6.07) is 10.9. The number of aliphatic hydroxyl groups is 2. The molecule has 1 saturated heterocycles. The second kappa shape index (κ2) is 23.2. The van der Waals surface area contributed by atoms with Gasteiger partial charge in [0.2, 0.25) is 5.60 Å². The predicted molar refractivity (Wildman–Crippen MR) is 204 cm³/mol. The summed E-state index contributed by atoms with van der Waals surface area (Å²) in [5.41, 5.74) is -0.409. The van der Waals surface area contributed by atoms with Crippen LogP contribution in [0, 0.1) is 35.4 Å². The maximum atomic E-state index is 13.9. The van der Waals surface area contributed by atoms with Gasteiger partial charge in [-0.2, -0.15) is 15.6 Å². The molecule has 16 heteroatoms. The van der Waals surface area contributed by atoms with E-state index in [4.69, 9.17) is 23.3 Å². The van der Waals surface area contributed by atoms with Crippen LogP contribution in [-0.2, 0) is 40.0 Å². The van der Waals surface area contributed by atoms with Crippen molar-refractivity contribution in [3.8, 4) is 12.1 Å². The lowest BCUT2D eigenvalue weighted by Crippen LogP contribution is -2.41. The zero-order valence-corrected chi connectivity index (χ0v) is 33.5. The molecule has 0 bridgehead atoms. The van der Waals surface area contributed by atoms with E-state index >= 15 is 0 Å². The molecule has 56 heavy (non-hydrogen) atoms. The number of halogens is 1. The molecule has 0 aliphatic carbocycles. The number of rotatable bonds is 27. The van der Waals surface area contributed by atoms with Crippen LogP contribution in [0.25, 0.3) is 5.52 Å². The van der Waals surface area contributed by atoms with Crippen LogP contribution in [0.2, 0.25) is 0 Å². The molecule has 3 N–H and O–H groups in total. The normalized spacial score (nSPS) is 21.2. The lowest BCUT2D eigenvalue weighted by molar-refractivity contribution is -0.0690. The van der Waals surface area contributed by atoms with Gasteiger partial charge >= 0.3 is 7.82 Å². The van der Waals surface area contributed by atoms with E-state index in [1.54, 1.807) is 19.1 Å². The van der Waals surface area contributed by atoms with Crippen molar-refractivity contribution in [1.82, 2.24) is 14.6 Å². The van der Waals surface area contributed by atoms with Gasteiger partial charge in [0.05, 0.1) is 48.9 Å². The molecular weight excluding hydrogens is 744 g/mol. The highest BCUT2D eigenvalue weighted by molar-refractivity contribution is 7.47. The number of hydrogen-bond acceptors (Lipinski definition) is 12. The average molecular weight is 802 g/mol. The van der Waals surface area contributed by atoms with Crippen molar-refractivity contribution in [2.75, 3.05) is 26.4 Å². The topological polar surface area (TPSA) is 202 Å². The maximum absolute atomic E-state index is 13.9. The number of aryl methyl sites for hydroxylation is 1. The Kier molecular flexibility index (Phi) is 18.8. The largest absolute Gasteiger partial charge is 0.472 e. The zero-order valence-electron chi connectivity index (χ0n) is 32.6. The number of aliphatic hydroxyl groups excluding tert-OH is 2. The van der Waals surface area contributed by atoms with E-state index in [9.17, 15) is 34.6 Å². The third-order valence-corrected chi connectivity index (χ3v) is 11.0. The van der Waals surface area contributed by atoms with Gasteiger partial charge in [-0.3, -0.25) is 9.05 Å². The van der Waals surface area contributed by atoms with Gasteiger partial charge in [-0.15, -0.1) is 0 Å². The van der Waals surface area contributed by atoms with Crippen molar-refractivity contribution in [2.24, 2.45) is 0 Å². The van der Waals surface area contributed by atoms with Crippen LogP contribution in [0.4, 0.5) is 4.39 Å².